The first kappa shape index (κ1) is 20.1. The molecule has 0 bridgehead atoms. The Labute approximate surface area is 167 Å². The van der Waals surface area contributed by atoms with E-state index in [4.69, 9.17) is 9.47 Å². The standard InChI is InChI=1S/C22H29N3O3/c1-24(14-10-17-6-7-20(27-2)21(15-17)28-3)19-5-4-13-25(16-19)22(26)18-8-11-23-12-9-18/h6-9,11-12,15,19H,4-5,10,13-14,16H2,1-3H3/t19-/m0/s1. The summed E-state index contributed by atoms with van der Waals surface area (Å²) in [4.78, 5) is 21.1. The van der Waals surface area contributed by atoms with Crippen molar-refractivity contribution in [1.29, 1.82) is 0 Å². The fraction of sp³-hybridized carbons (Fsp3) is 0.455. The van der Waals surface area contributed by atoms with E-state index >= 15 is 0 Å². The molecule has 1 aromatic heterocycles. The Kier molecular flexibility index (Phi) is 6.87. The second-order valence-electron chi connectivity index (χ2n) is 7.20. The van der Waals surface area contributed by atoms with Crippen LogP contribution in [0.15, 0.2) is 42.7 Å². The molecule has 1 saturated heterocycles. The SMILES string of the molecule is COc1ccc(CCN(C)[C@H]2CCCN(C(=O)c3ccncc3)C2)cc1OC. The maximum Gasteiger partial charge on any atom is 0.254 e. The van der Waals surface area contributed by atoms with Gasteiger partial charge >= 0.3 is 0 Å². The van der Waals surface area contributed by atoms with Crippen LogP contribution in [0.2, 0.25) is 0 Å². The predicted octanol–water partition coefficient (Wildman–Crippen LogP) is 2.88. The van der Waals surface area contributed by atoms with Gasteiger partial charge in [-0.3, -0.25) is 9.78 Å². The molecule has 0 spiro atoms. The highest BCUT2D eigenvalue weighted by molar-refractivity contribution is 5.94. The van der Waals surface area contributed by atoms with Crippen LogP contribution in [0, 0.1) is 0 Å². The summed E-state index contributed by atoms with van der Waals surface area (Å²) in [5.74, 6) is 1.60. The van der Waals surface area contributed by atoms with Gasteiger partial charge in [0.05, 0.1) is 14.2 Å². The van der Waals surface area contributed by atoms with Gasteiger partial charge in [0, 0.05) is 43.6 Å². The van der Waals surface area contributed by atoms with Crippen molar-refractivity contribution in [3.8, 4) is 11.5 Å². The third kappa shape index (κ3) is 4.81. The lowest BCUT2D eigenvalue weighted by Gasteiger charge is -2.37. The number of hydrogen-bond acceptors (Lipinski definition) is 5. The van der Waals surface area contributed by atoms with E-state index in [1.165, 1.54) is 5.56 Å². The Balaban J connectivity index is 1.57. The number of rotatable bonds is 7. The Bertz CT molecular complexity index is 782. The first-order chi connectivity index (χ1) is 13.6. The second-order valence-corrected chi connectivity index (χ2v) is 7.20. The molecule has 6 nitrogen and oxygen atoms in total. The van der Waals surface area contributed by atoms with E-state index in [1.807, 2.05) is 17.0 Å². The van der Waals surface area contributed by atoms with Crippen LogP contribution in [0.1, 0.15) is 28.8 Å². The number of carbonyl (C=O) groups excluding carboxylic acids is 1. The quantitative estimate of drug-likeness (QED) is 0.736. The number of amides is 1. The Morgan fingerprint density at radius 2 is 1.93 bits per heavy atom. The first-order valence-electron chi connectivity index (χ1n) is 9.73. The zero-order valence-corrected chi connectivity index (χ0v) is 16.9. The lowest BCUT2D eigenvalue weighted by molar-refractivity contribution is 0.0611. The number of piperidine rings is 1. The van der Waals surface area contributed by atoms with Crippen molar-refractivity contribution in [2.24, 2.45) is 0 Å². The monoisotopic (exact) mass is 383 g/mol. The molecule has 2 aromatic rings. The van der Waals surface area contributed by atoms with Crippen LogP contribution >= 0.6 is 0 Å². The highest BCUT2D eigenvalue weighted by Gasteiger charge is 2.26. The van der Waals surface area contributed by atoms with Gasteiger partial charge < -0.3 is 19.3 Å². The van der Waals surface area contributed by atoms with Crippen molar-refractivity contribution in [1.82, 2.24) is 14.8 Å². The molecule has 150 valence electrons. The Hall–Kier alpha value is -2.60. The van der Waals surface area contributed by atoms with Gasteiger partial charge in [0.15, 0.2) is 11.5 Å². The topological polar surface area (TPSA) is 54.9 Å². The summed E-state index contributed by atoms with van der Waals surface area (Å²) in [6.45, 7) is 2.52. The summed E-state index contributed by atoms with van der Waals surface area (Å²) in [5, 5.41) is 0. The van der Waals surface area contributed by atoms with Crippen molar-refractivity contribution >= 4 is 5.91 Å². The molecule has 0 N–H and O–H groups in total. The fourth-order valence-corrected chi connectivity index (χ4v) is 3.70. The molecule has 1 atom stereocenters. The number of carbonyl (C=O) groups is 1. The van der Waals surface area contributed by atoms with E-state index in [1.54, 1.807) is 38.7 Å². The van der Waals surface area contributed by atoms with E-state index in [2.05, 4.69) is 23.0 Å². The first-order valence-corrected chi connectivity index (χ1v) is 9.73. The third-order valence-electron chi connectivity index (χ3n) is 5.44. The lowest BCUT2D eigenvalue weighted by Crippen LogP contribution is -2.49. The molecule has 1 aliphatic heterocycles. The molecular formula is C22H29N3O3. The van der Waals surface area contributed by atoms with Crippen LogP contribution in [0.4, 0.5) is 0 Å². The van der Waals surface area contributed by atoms with E-state index in [-0.39, 0.29) is 5.91 Å². The maximum absolute atomic E-state index is 12.7. The minimum atomic E-state index is 0.0976. The van der Waals surface area contributed by atoms with E-state index < -0.39 is 0 Å². The zero-order valence-electron chi connectivity index (χ0n) is 16.9. The summed E-state index contributed by atoms with van der Waals surface area (Å²) in [6, 6.07) is 10.0. The zero-order chi connectivity index (χ0) is 19.9. The van der Waals surface area contributed by atoms with E-state index in [0.717, 1.165) is 50.4 Å². The number of methoxy groups -OCH3 is 2. The molecule has 6 heteroatoms. The summed E-state index contributed by atoms with van der Waals surface area (Å²) in [7, 11) is 5.45. The Morgan fingerprint density at radius 3 is 2.64 bits per heavy atom. The molecule has 2 heterocycles. The van der Waals surface area contributed by atoms with Gasteiger partial charge in [-0.25, -0.2) is 0 Å². The van der Waals surface area contributed by atoms with Crippen molar-refractivity contribution in [2.45, 2.75) is 25.3 Å². The molecule has 3 rings (SSSR count). The van der Waals surface area contributed by atoms with Gasteiger partial charge in [0.1, 0.15) is 0 Å². The normalized spacial score (nSPS) is 16.9. The number of pyridine rings is 1. The number of ether oxygens (including phenoxy) is 2. The van der Waals surface area contributed by atoms with Crippen molar-refractivity contribution in [2.75, 3.05) is 40.9 Å². The summed E-state index contributed by atoms with van der Waals surface area (Å²) >= 11 is 0. The van der Waals surface area contributed by atoms with Crippen molar-refractivity contribution in [3.05, 3.63) is 53.9 Å². The van der Waals surface area contributed by atoms with Crippen LogP contribution in [-0.4, -0.2) is 67.6 Å². The van der Waals surface area contributed by atoms with E-state index in [9.17, 15) is 4.79 Å². The van der Waals surface area contributed by atoms with Crippen LogP contribution in [-0.2, 0) is 6.42 Å². The molecular weight excluding hydrogens is 354 g/mol. The van der Waals surface area contributed by atoms with Gasteiger partial charge in [0.25, 0.3) is 5.91 Å². The molecule has 0 aliphatic carbocycles. The summed E-state index contributed by atoms with van der Waals surface area (Å²) in [5.41, 5.74) is 1.92. The fourth-order valence-electron chi connectivity index (χ4n) is 3.70. The van der Waals surface area contributed by atoms with Gasteiger partial charge in [-0.2, -0.15) is 0 Å². The van der Waals surface area contributed by atoms with Crippen LogP contribution < -0.4 is 9.47 Å². The van der Waals surface area contributed by atoms with Gasteiger partial charge in [0.2, 0.25) is 0 Å². The van der Waals surface area contributed by atoms with Gasteiger partial charge in [-0.05, 0) is 56.1 Å². The van der Waals surface area contributed by atoms with Crippen LogP contribution in [0.25, 0.3) is 0 Å². The highest BCUT2D eigenvalue weighted by Crippen LogP contribution is 2.28. The molecule has 0 unspecified atom stereocenters. The summed E-state index contributed by atoms with van der Waals surface area (Å²) < 4.78 is 10.7. The molecule has 1 aromatic carbocycles. The smallest absolute Gasteiger partial charge is 0.254 e. The molecule has 1 aliphatic rings. The van der Waals surface area contributed by atoms with Gasteiger partial charge in [-0.1, -0.05) is 6.07 Å². The minimum absolute atomic E-state index is 0.0976. The average molecular weight is 383 g/mol. The second kappa shape index (κ2) is 9.55. The molecule has 0 saturated carbocycles. The minimum Gasteiger partial charge on any atom is -0.493 e. The highest BCUT2D eigenvalue weighted by atomic mass is 16.5. The maximum atomic E-state index is 12.7. The number of likely N-dealkylation sites (tertiary alicyclic amines) is 1. The summed E-state index contributed by atoms with van der Waals surface area (Å²) in [6.07, 6.45) is 6.41. The third-order valence-corrected chi connectivity index (χ3v) is 5.44. The molecule has 28 heavy (non-hydrogen) atoms. The van der Waals surface area contributed by atoms with Crippen molar-refractivity contribution < 1.29 is 14.3 Å². The number of aromatic nitrogens is 1. The number of benzene rings is 1. The number of nitrogens with zero attached hydrogens (tertiary/aromatic N) is 3. The average Bonchev–Trinajstić information content (AvgIpc) is 2.77. The van der Waals surface area contributed by atoms with Crippen LogP contribution in [0.3, 0.4) is 0 Å². The molecule has 0 radical (unpaired) electrons. The van der Waals surface area contributed by atoms with E-state index in [0.29, 0.717) is 11.6 Å². The number of hydrogen-bond donors (Lipinski definition) is 0. The largest absolute Gasteiger partial charge is 0.493 e. The molecule has 1 amide bonds. The molecule has 1 fully saturated rings. The predicted molar refractivity (Wildman–Crippen MR) is 109 cm³/mol. The lowest BCUT2D eigenvalue weighted by atomic mass is 10.0. The van der Waals surface area contributed by atoms with Crippen LogP contribution in [0.5, 0.6) is 11.5 Å². The number of likely N-dealkylation sites (N-methyl/N-ethyl adjacent to an activating group) is 1. The Morgan fingerprint density at radius 1 is 1.18 bits per heavy atom. The van der Waals surface area contributed by atoms with Gasteiger partial charge in [-0.15, -0.1) is 0 Å². The van der Waals surface area contributed by atoms with Crippen molar-refractivity contribution in [3.63, 3.8) is 0 Å².